The van der Waals surface area contributed by atoms with Gasteiger partial charge < -0.3 is 15.4 Å². The van der Waals surface area contributed by atoms with E-state index >= 15 is 0 Å². The van der Waals surface area contributed by atoms with E-state index in [1.165, 1.54) is 12.1 Å². The summed E-state index contributed by atoms with van der Waals surface area (Å²) in [7, 11) is 0. The van der Waals surface area contributed by atoms with Gasteiger partial charge in [0.05, 0.1) is 4.92 Å². The van der Waals surface area contributed by atoms with Gasteiger partial charge in [-0.25, -0.2) is 0 Å². The standard InChI is InChI=1S/C13H7FN4O5S/c14-10-3-1-2-7(17(10)21)13-11(15-16-24-13)6-4-8(18(22)23)12(20)9(19)5-6/h1-5,19-20H. The zero-order valence-corrected chi connectivity index (χ0v) is 12.4. The molecule has 0 radical (unpaired) electrons. The molecule has 2 aromatic heterocycles. The molecule has 3 aromatic rings. The van der Waals surface area contributed by atoms with Gasteiger partial charge >= 0.3 is 11.6 Å². The number of halogens is 1. The molecule has 0 fully saturated rings. The third-order valence-electron chi connectivity index (χ3n) is 3.16. The van der Waals surface area contributed by atoms with E-state index < -0.39 is 28.1 Å². The molecule has 9 nitrogen and oxygen atoms in total. The largest absolute Gasteiger partial charge is 0.616 e. The first-order chi connectivity index (χ1) is 11.4. The molecule has 0 unspecified atom stereocenters. The van der Waals surface area contributed by atoms with E-state index in [-0.39, 0.29) is 26.6 Å². The minimum absolute atomic E-state index is 0.0351. The van der Waals surface area contributed by atoms with Gasteiger partial charge in [0.2, 0.25) is 11.4 Å². The van der Waals surface area contributed by atoms with Crippen molar-refractivity contribution in [2.75, 3.05) is 0 Å². The van der Waals surface area contributed by atoms with Crippen molar-refractivity contribution in [3.63, 3.8) is 0 Å². The van der Waals surface area contributed by atoms with Gasteiger partial charge in [-0.05, 0) is 23.7 Å². The maximum Gasteiger partial charge on any atom is 0.371 e. The van der Waals surface area contributed by atoms with E-state index in [9.17, 15) is 29.9 Å². The van der Waals surface area contributed by atoms with Gasteiger partial charge in [0.15, 0.2) is 5.75 Å². The molecule has 0 saturated carbocycles. The summed E-state index contributed by atoms with van der Waals surface area (Å²) >= 11 is 0.782. The second-order valence-electron chi connectivity index (χ2n) is 4.60. The number of phenolic OH excluding ortho intramolecular Hbond substituents is 2. The van der Waals surface area contributed by atoms with E-state index in [4.69, 9.17) is 0 Å². The summed E-state index contributed by atoms with van der Waals surface area (Å²) in [5.41, 5.74) is -0.743. The van der Waals surface area contributed by atoms with Crippen molar-refractivity contribution in [2.24, 2.45) is 0 Å². The number of aromatic nitrogens is 3. The number of benzene rings is 1. The van der Waals surface area contributed by atoms with Gasteiger partial charge in [0, 0.05) is 23.8 Å². The molecule has 0 bridgehead atoms. The highest BCUT2D eigenvalue weighted by molar-refractivity contribution is 7.09. The molecule has 0 aliphatic rings. The second-order valence-corrected chi connectivity index (χ2v) is 5.35. The first-order valence-electron chi connectivity index (χ1n) is 6.31. The highest BCUT2D eigenvalue weighted by atomic mass is 32.1. The number of phenols is 2. The zero-order valence-electron chi connectivity index (χ0n) is 11.6. The fourth-order valence-electron chi connectivity index (χ4n) is 2.06. The number of hydrogen-bond donors (Lipinski definition) is 2. The van der Waals surface area contributed by atoms with Crippen molar-refractivity contribution >= 4 is 17.2 Å². The molecule has 0 spiro atoms. The molecule has 0 aliphatic heterocycles. The number of nitro benzene ring substituents is 1. The minimum Gasteiger partial charge on any atom is -0.616 e. The van der Waals surface area contributed by atoms with Gasteiger partial charge in [0.1, 0.15) is 10.6 Å². The number of hydrogen-bond acceptors (Lipinski definition) is 8. The van der Waals surface area contributed by atoms with Crippen LogP contribution in [0.15, 0.2) is 30.3 Å². The Kier molecular flexibility index (Phi) is 3.69. The summed E-state index contributed by atoms with van der Waals surface area (Å²) in [6.07, 6.45) is 0. The van der Waals surface area contributed by atoms with Crippen molar-refractivity contribution in [3.05, 3.63) is 51.6 Å². The highest BCUT2D eigenvalue weighted by Crippen LogP contribution is 2.41. The molecule has 0 atom stereocenters. The van der Waals surface area contributed by atoms with Crippen LogP contribution in [0.4, 0.5) is 10.1 Å². The molecular weight excluding hydrogens is 343 g/mol. The van der Waals surface area contributed by atoms with Crippen LogP contribution in [-0.4, -0.2) is 24.7 Å². The Labute approximate surface area is 136 Å². The Morgan fingerprint density at radius 2 is 2.04 bits per heavy atom. The number of nitro groups is 1. The number of rotatable bonds is 3. The summed E-state index contributed by atoms with van der Waals surface area (Å²) in [5, 5.41) is 45.8. The molecule has 2 heterocycles. The average molecular weight is 350 g/mol. The first kappa shape index (κ1) is 15.6. The van der Waals surface area contributed by atoms with E-state index in [2.05, 4.69) is 9.59 Å². The fraction of sp³-hybridized carbons (Fsp3) is 0. The molecule has 0 aliphatic carbocycles. The molecule has 122 valence electrons. The van der Waals surface area contributed by atoms with Gasteiger partial charge in [-0.1, -0.05) is 4.49 Å². The van der Waals surface area contributed by atoms with E-state index in [1.807, 2.05) is 0 Å². The van der Waals surface area contributed by atoms with Crippen molar-refractivity contribution < 1.29 is 24.3 Å². The van der Waals surface area contributed by atoms with Crippen LogP contribution in [-0.2, 0) is 0 Å². The quantitative estimate of drug-likeness (QED) is 0.184. The summed E-state index contributed by atoms with van der Waals surface area (Å²) in [6, 6.07) is 5.64. The third kappa shape index (κ3) is 2.46. The first-order valence-corrected chi connectivity index (χ1v) is 7.09. The summed E-state index contributed by atoms with van der Waals surface area (Å²) in [5.74, 6) is -2.66. The highest BCUT2D eigenvalue weighted by Gasteiger charge is 2.25. The van der Waals surface area contributed by atoms with Gasteiger partial charge in [-0.3, -0.25) is 10.1 Å². The Morgan fingerprint density at radius 1 is 1.29 bits per heavy atom. The van der Waals surface area contributed by atoms with Crippen LogP contribution in [0.1, 0.15) is 0 Å². The molecule has 0 saturated heterocycles. The van der Waals surface area contributed by atoms with Crippen LogP contribution >= 0.6 is 11.5 Å². The lowest BCUT2D eigenvalue weighted by atomic mass is 10.1. The van der Waals surface area contributed by atoms with Crippen molar-refractivity contribution in [3.8, 4) is 33.3 Å². The SMILES string of the molecule is O=[N+]([O-])c1cc(-c2nnsc2-c2cccc(F)[n+]2[O-])cc(O)c1O. The van der Waals surface area contributed by atoms with Crippen molar-refractivity contribution in [2.45, 2.75) is 0 Å². The molecule has 11 heteroatoms. The normalized spacial score (nSPS) is 10.7. The number of pyridine rings is 1. The van der Waals surface area contributed by atoms with Crippen molar-refractivity contribution in [1.29, 1.82) is 0 Å². The lowest BCUT2D eigenvalue weighted by molar-refractivity contribution is -0.625. The van der Waals surface area contributed by atoms with E-state index in [0.29, 0.717) is 0 Å². The maximum atomic E-state index is 13.4. The van der Waals surface area contributed by atoms with E-state index in [0.717, 1.165) is 29.7 Å². The summed E-state index contributed by atoms with van der Waals surface area (Å²) < 4.78 is 17.2. The average Bonchev–Trinajstić information content (AvgIpc) is 3.01. The Morgan fingerprint density at radius 3 is 2.75 bits per heavy atom. The maximum absolute atomic E-state index is 13.4. The topological polar surface area (TPSA) is 136 Å². The number of aromatic hydroxyl groups is 2. The monoisotopic (exact) mass is 350 g/mol. The Hall–Kier alpha value is -3.34. The van der Waals surface area contributed by atoms with Crippen molar-refractivity contribution in [1.82, 2.24) is 9.59 Å². The molecule has 2 N–H and O–H groups in total. The zero-order chi connectivity index (χ0) is 17.4. The lowest BCUT2D eigenvalue weighted by Crippen LogP contribution is -2.33. The molecular formula is C13H7FN4O5S. The predicted molar refractivity (Wildman–Crippen MR) is 79.7 cm³/mol. The second kappa shape index (κ2) is 5.70. The predicted octanol–water partition coefficient (Wildman–Crippen LogP) is 1.96. The van der Waals surface area contributed by atoms with Gasteiger partial charge in [-0.15, -0.1) is 14.2 Å². The molecule has 24 heavy (non-hydrogen) atoms. The van der Waals surface area contributed by atoms with Crippen LogP contribution in [0, 0.1) is 21.3 Å². The molecule has 1 aromatic carbocycles. The fourth-order valence-corrected chi connectivity index (χ4v) is 2.76. The number of nitrogens with zero attached hydrogens (tertiary/aromatic N) is 4. The summed E-state index contributed by atoms with van der Waals surface area (Å²) in [6.45, 7) is 0. The summed E-state index contributed by atoms with van der Waals surface area (Å²) in [4.78, 5) is 10.2. The molecule has 0 amide bonds. The Bertz CT molecular complexity index is 962. The van der Waals surface area contributed by atoms with Crippen LogP contribution in [0.5, 0.6) is 11.5 Å². The van der Waals surface area contributed by atoms with Crippen LogP contribution in [0.2, 0.25) is 0 Å². The van der Waals surface area contributed by atoms with Crippen LogP contribution < -0.4 is 4.73 Å². The smallest absolute Gasteiger partial charge is 0.371 e. The van der Waals surface area contributed by atoms with Gasteiger partial charge in [0.25, 0.3) is 0 Å². The van der Waals surface area contributed by atoms with E-state index in [1.54, 1.807) is 0 Å². The minimum atomic E-state index is -1.04. The van der Waals surface area contributed by atoms with Crippen LogP contribution in [0.25, 0.3) is 21.8 Å². The molecule has 3 rings (SSSR count). The third-order valence-corrected chi connectivity index (χ3v) is 3.91. The van der Waals surface area contributed by atoms with Gasteiger partial charge in [-0.2, -0.15) is 0 Å². The van der Waals surface area contributed by atoms with Crippen LogP contribution in [0.3, 0.4) is 0 Å². The lowest BCUT2D eigenvalue weighted by Gasteiger charge is -2.05. The Balaban J connectivity index is 2.22.